The van der Waals surface area contributed by atoms with Gasteiger partial charge in [0.1, 0.15) is 0 Å². The topological polar surface area (TPSA) is 78.0 Å². The summed E-state index contributed by atoms with van der Waals surface area (Å²) >= 11 is 0. The van der Waals surface area contributed by atoms with E-state index >= 15 is 0 Å². The van der Waals surface area contributed by atoms with Crippen molar-refractivity contribution in [2.24, 2.45) is 10.9 Å². The maximum atomic E-state index is 12.0. The number of amides is 1. The Morgan fingerprint density at radius 3 is 2.50 bits per heavy atom. The SMILES string of the molecule is CN=C(NCC(=O)Nc1ccccc1)NCC(C(C)C)N1CCOCC1. The quantitative estimate of drug-likeness (QED) is 0.502. The average molecular weight is 361 g/mol. The third-order valence-electron chi connectivity index (χ3n) is 4.46. The first kappa shape index (κ1) is 20.2. The maximum Gasteiger partial charge on any atom is 0.243 e. The van der Waals surface area contributed by atoms with Gasteiger partial charge in [0.05, 0.1) is 19.8 Å². The molecule has 7 heteroatoms. The average Bonchev–Trinajstić information content (AvgIpc) is 2.66. The standard InChI is InChI=1S/C19H31N5O2/c1-15(2)17(24-9-11-26-12-10-24)13-21-19(20-3)22-14-18(25)23-16-7-5-4-6-8-16/h4-8,15,17H,9-14H2,1-3H3,(H,23,25)(H2,20,21,22). The van der Waals surface area contributed by atoms with E-state index < -0.39 is 0 Å². The van der Waals surface area contributed by atoms with Gasteiger partial charge in [-0.05, 0) is 18.1 Å². The van der Waals surface area contributed by atoms with E-state index in [2.05, 4.69) is 39.7 Å². The first-order chi connectivity index (χ1) is 12.6. The Bertz CT molecular complexity index is 571. The molecule has 7 nitrogen and oxygen atoms in total. The van der Waals surface area contributed by atoms with Crippen LogP contribution in [-0.2, 0) is 9.53 Å². The van der Waals surface area contributed by atoms with Crippen molar-refractivity contribution in [1.82, 2.24) is 15.5 Å². The van der Waals surface area contributed by atoms with E-state index in [1.807, 2.05) is 30.3 Å². The lowest BCUT2D eigenvalue weighted by Crippen LogP contribution is -2.53. The van der Waals surface area contributed by atoms with Gasteiger partial charge in [0.2, 0.25) is 5.91 Å². The number of carbonyl (C=O) groups is 1. The number of para-hydroxylation sites is 1. The van der Waals surface area contributed by atoms with Gasteiger partial charge in [-0.25, -0.2) is 0 Å². The largest absolute Gasteiger partial charge is 0.379 e. The van der Waals surface area contributed by atoms with Gasteiger partial charge in [0, 0.05) is 38.4 Å². The molecule has 1 heterocycles. The molecule has 1 aromatic carbocycles. The predicted octanol–water partition coefficient (Wildman–Crippen LogP) is 1.15. The zero-order valence-electron chi connectivity index (χ0n) is 16.0. The summed E-state index contributed by atoms with van der Waals surface area (Å²) in [6, 6.07) is 9.82. The van der Waals surface area contributed by atoms with E-state index in [9.17, 15) is 4.79 Å². The van der Waals surface area contributed by atoms with E-state index in [-0.39, 0.29) is 12.5 Å². The minimum absolute atomic E-state index is 0.104. The predicted molar refractivity (Wildman–Crippen MR) is 105 cm³/mol. The molecule has 0 aromatic heterocycles. The van der Waals surface area contributed by atoms with Crippen LogP contribution >= 0.6 is 0 Å². The lowest BCUT2D eigenvalue weighted by atomic mass is 10.0. The lowest BCUT2D eigenvalue weighted by molar-refractivity contribution is -0.115. The molecule has 1 unspecified atom stereocenters. The van der Waals surface area contributed by atoms with Gasteiger partial charge < -0.3 is 20.7 Å². The Morgan fingerprint density at radius 2 is 1.88 bits per heavy atom. The molecule has 0 radical (unpaired) electrons. The molecule has 1 aromatic rings. The van der Waals surface area contributed by atoms with Crippen molar-refractivity contribution < 1.29 is 9.53 Å². The molecule has 1 amide bonds. The van der Waals surface area contributed by atoms with E-state index in [4.69, 9.17) is 4.74 Å². The zero-order valence-corrected chi connectivity index (χ0v) is 16.0. The summed E-state index contributed by atoms with van der Waals surface area (Å²) in [4.78, 5) is 18.7. The molecule has 0 saturated carbocycles. The van der Waals surface area contributed by atoms with Gasteiger partial charge in [-0.3, -0.25) is 14.7 Å². The normalized spacial score (nSPS) is 17.0. The summed E-state index contributed by atoms with van der Waals surface area (Å²) in [7, 11) is 1.71. The van der Waals surface area contributed by atoms with Crippen LogP contribution in [-0.4, -0.2) is 69.2 Å². The third-order valence-corrected chi connectivity index (χ3v) is 4.46. The fourth-order valence-corrected chi connectivity index (χ4v) is 3.01. The van der Waals surface area contributed by atoms with Crippen molar-refractivity contribution >= 4 is 17.6 Å². The van der Waals surface area contributed by atoms with E-state index in [1.54, 1.807) is 7.05 Å². The number of hydrogen-bond donors (Lipinski definition) is 3. The molecule has 3 N–H and O–H groups in total. The maximum absolute atomic E-state index is 12.0. The Balaban J connectivity index is 1.77. The number of anilines is 1. The highest BCUT2D eigenvalue weighted by Gasteiger charge is 2.23. The zero-order chi connectivity index (χ0) is 18.8. The Hall–Kier alpha value is -2.12. The van der Waals surface area contributed by atoms with Crippen molar-refractivity contribution in [3.63, 3.8) is 0 Å². The summed E-state index contributed by atoms with van der Waals surface area (Å²) in [5.41, 5.74) is 0.787. The Morgan fingerprint density at radius 1 is 1.19 bits per heavy atom. The van der Waals surface area contributed by atoms with Gasteiger partial charge in [-0.2, -0.15) is 0 Å². The van der Waals surface area contributed by atoms with Crippen molar-refractivity contribution in [2.75, 3.05) is 51.8 Å². The van der Waals surface area contributed by atoms with E-state index in [0.29, 0.717) is 17.9 Å². The van der Waals surface area contributed by atoms with Crippen LogP contribution in [0.15, 0.2) is 35.3 Å². The molecule has 1 aliphatic rings. The van der Waals surface area contributed by atoms with Crippen molar-refractivity contribution in [3.8, 4) is 0 Å². The first-order valence-corrected chi connectivity index (χ1v) is 9.21. The van der Waals surface area contributed by atoms with Crippen LogP contribution in [0.2, 0.25) is 0 Å². The fraction of sp³-hybridized carbons (Fsp3) is 0.579. The summed E-state index contributed by atoms with van der Waals surface area (Å²) in [6.45, 7) is 8.88. The second-order valence-electron chi connectivity index (χ2n) is 6.68. The van der Waals surface area contributed by atoms with Crippen LogP contribution in [0.5, 0.6) is 0 Å². The summed E-state index contributed by atoms with van der Waals surface area (Å²) in [6.07, 6.45) is 0. The molecule has 1 saturated heterocycles. The van der Waals surface area contributed by atoms with Crippen molar-refractivity contribution in [1.29, 1.82) is 0 Å². The number of rotatable bonds is 7. The number of ether oxygens (including phenoxy) is 1. The molecule has 1 atom stereocenters. The molecule has 26 heavy (non-hydrogen) atoms. The van der Waals surface area contributed by atoms with Crippen molar-refractivity contribution in [3.05, 3.63) is 30.3 Å². The summed E-state index contributed by atoms with van der Waals surface area (Å²) in [5, 5.41) is 9.26. The number of carbonyl (C=O) groups excluding carboxylic acids is 1. The first-order valence-electron chi connectivity index (χ1n) is 9.21. The highest BCUT2D eigenvalue weighted by atomic mass is 16.5. The molecule has 2 rings (SSSR count). The highest BCUT2D eigenvalue weighted by Crippen LogP contribution is 2.12. The van der Waals surface area contributed by atoms with Crippen molar-refractivity contribution in [2.45, 2.75) is 19.9 Å². The number of aliphatic imine (C=N–C) groups is 1. The van der Waals surface area contributed by atoms with Gasteiger partial charge in [-0.1, -0.05) is 32.0 Å². The lowest BCUT2D eigenvalue weighted by Gasteiger charge is -2.37. The number of nitrogens with one attached hydrogen (secondary N) is 3. The van der Waals surface area contributed by atoms with Gasteiger partial charge in [-0.15, -0.1) is 0 Å². The number of benzene rings is 1. The highest BCUT2D eigenvalue weighted by molar-refractivity contribution is 5.94. The fourth-order valence-electron chi connectivity index (χ4n) is 3.01. The Kier molecular flexibility index (Phi) is 8.37. The molecule has 1 aliphatic heterocycles. The number of hydrogen-bond acceptors (Lipinski definition) is 4. The number of morpholine rings is 1. The number of guanidine groups is 1. The van der Waals surface area contributed by atoms with Crippen LogP contribution in [0.25, 0.3) is 0 Å². The van der Waals surface area contributed by atoms with Crippen LogP contribution < -0.4 is 16.0 Å². The monoisotopic (exact) mass is 361 g/mol. The summed E-state index contributed by atoms with van der Waals surface area (Å²) < 4.78 is 5.45. The molecule has 0 spiro atoms. The van der Waals surface area contributed by atoms with E-state index in [0.717, 1.165) is 38.5 Å². The molecule has 144 valence electrons. The molecule has 0 bridgehead atoms. The minimum Gasteiger partial charge on any atom is -0.379 e. The number of nitrogens with zero attached hydrogens (tertiary/aromatic N) is 2. The van der Waals surface area contributed by atoms with Crippen LogP contribution in [0.1, 0.15) is 13.8 Å². The van der Waals surface area contributed by atoms with Gasteiger partial charge in [0.15, 0.2) is 5.96 Å². The minimum atomic E-state index is -0.104. The third kappa shape index (κ3) is 6.65. The van der Waals surface area contributed by atoms with Crippen LogP contribution in [0, 0.1) is 5.92 Å². The molecule has 1 fully saturated rings. The second-order valence-corrected chi connectivity index (χ2v) is 6.68. The van der Waals surface area contributed by atoms with Crippen LogP contribution in [0.4, 0.5) is 5.69 Å². The van der Waals surface area contributed by atoms with Gasteiger partial charge in [0.25, 0.3) is 0 Å². The molecule has 0 aliphatic carbocycles. The summed E-state index contributed by atoms with van der Waals surface area (Å²) in [5.74, 6) is 1.04. The van der Waals surface area contributed by atoms with E-state index in [1.165, 1.54) is 0 Å². The van der Waals surface area contributed by atoms with Gasteiger partial charge >= 0.3 is 0 Å². The Labute approximate surface area is 156 Å². The smallest absolute Gasteiger partial charge is 0.243 e. The molecular weight excluding hydrogens is 330 g/mol. The molecular formula is C19H31N5O2. The second kappa shape index (κ2) is 10.8. The van der Waals surface area contributed by atoms with Crippen LogP contribution in [0.3, 0.4) is 0 Å².